The van der Waals surface area contributed by atoms with Crippen LogP contribution in [0.15, 0.2) is 39.5 Å². The van der Waals surface area contributed by atoms with Crippen molar-refractivity contribution in [2.75, 3.05) is 11.9 Å². The van der Waals surface area contributed by atoms with Crippen molar-refractivity contribution >= 4 is 44.8 Å². The Morgan fingerprint density at radius 2 is 2.09 bits per heavy atom. The third kappa shape index (κ3) is 4.92. The van der Waals surface area contributed by atoms with Gasteiger partial charge in [0.1, 0.15) is 5.82 Å². The quantitative estimate of drug-likeness (QED) is 0.744. The summed E-state index contributed by atoms with van der Waals surface area (Å²) < 4.78 is 14.2. The number of nitrogens with one attached hydrogen (secondary N) is 2. The fourth-order valence-electron chi connectivity index (χ4n) is 1.75. The van der Waals surface area contributed by atoms with Gasteiger partial charge in [0.15, 0.2) is 0 Å². The molecule has 4 nitrogen and oxygen atoms in total. The molecule has 22 heavy (non-hydrogen) atoms. The third-order valence-corrected chi connectivity index (χ3v) is 4.03. The van der Waals surface area contributed by atoms with E-state index in [0.29, 0.717) is 23.0 Å². The fourth-order valence-corrected chi connectivity index (χ4v) is 2.72. The van der Waals surface area contributed by atoms with Crippen molar-refractivity contribution in [2.45, 2.75) is 12.8 Å². The molecule has 0 saturated carbocycles. The standard InChI is InChI=1S/C15H14BrFN2O2S/c16-11-3-4-13(12(17)8-11)19-14(20)2-1-6-18-15(21)10-5-7-22-9-10/h3-5,7-9H,1-2,6H2,(H,18,21)(H,19,20). The summed E-state index contributed by atoms with van der Waals surface area (Å²) in [5.74, 6) is -0.930. The second-order valence-electron chi connectivity index (χ2n) is 4.54. The Bertz CT molecular complexity index is 662. The maximum absolute atomic E-state index is 13.6. The van der Waals surface area contributed by atoms with Gasteiger partial charge in [0.25, 0.3) is 5.91 Å². The number of thiophene rings is 1. The van der Waals surface area contributed by atoms with Gasteiger partial charge in [0, 0.05) is 28.4 Å². The Labute approximate surface area is 139 Å². The second kappa shape index (κ2) is 8.05. The lowest BCUT2D eigenvalue weighted by molar-refractivity contribution is -0.116. The minimum atomic E-state index is -0.492. The minimum absolute atomic E-state index is 0.149. The van der Waals surface area contributed by atoms with E-state index < -0.39 is 5.82 Å². The van der Waals surface area contributed by atoms with Crippen LogP contribution in [0.1, 0.15) is 23.2 Å². The molecule has 116 valence electrons. The topological polar surface area (TPSA) is 58.2 Å². The maximum Gasteiger partial charge on any atom is 0.252 e. The molecular formula is C15H14BrFN2O2S. The molecular weight excluding hydrogens is 371 g/mol. The van der Waals surface area contributed by atoms with Gasteiger partial charge in [-0.05, 0) is 36.1 Å². The van der Waals surface area contributed by atoms with Gasteiger partial charge in [-0.15, -0.1) is 0 Å². The van der Waals surface area contributed by atoms with Crippen LogP contribution in [-0.2, 0) is 4.79 Å². The van der Waals surface area contributed by atoms with Crippen LogP contribution in [0.25, 0.3) is 0 Å². The summed E-state index contributed by atoms with van der Waals surface area (Å²) in [7, 11) is 0. The molecule has 0 atom stereocenters. The summed E-state index contributed by atoms with van der Waals surface area (Å²) in [6.07, 6.45) is 0.694. The van der Waals surface area contributed by atoms with E-state index >= 15 is 0 Å². The van der Waals surface area contributed by atoms with Crippen molar-refractivity contribution in [3.63, 3.8) is 0 Å². The van der Waals surface area contributed by atoms with Crippen molar-refractivity contribution < 1.29 is 14.0 Å². The first-order chi connectivity index (χ1) is 10.6. The van der Waals surface area contributed by atoms with Gasteiger partial charge in [0.2, 0.25) is 5.91 Å². The zero-order chi connectivity index (χ0) is 15.9. The van der Waals surface area contributed by atoms with Gasteiger partial charge in [-0.1, -0.05) is 15.9 Å². The molecule has 2 rings (SSSR count). The minimum Gasteiger partial charge on any atom is -0.352 e. The highest BCUT2D eigenvalue weighted by atomic mass is 79.9. The lowest BCUT2D eigenvalue weighted by Gasteiger charge is -2.07. The van der Waals surface area contributed by atoms with E-state index in [0.717, 1.165) is 0 Å². The van der Waals surface area contributed by atoms with Crippen LogP contribution < -0.4 is 10.6 Å². The Kier molecular flexibility index (Phi) is 6.09. The summed E-state index contributed by atoms with van der Waals surface area (Å²) in [4.78, 5) is 23.4. The van der Waals surface area contributed by atoms with Gasteiger partial charge in [-0.25, -0.2) is 4.39 Å². The fraction of sp³-hybridized carbons (Fsp3) is 0.200. The zero-order valence-corrected chi connectivity index (χ0v) is 14.0. The number of carbonyl (C=O) groups excluding carboxylic acids is 2. The monoisotopic (exact) mass is 384 g/mol. The second-order valence-corrected chi connectivity index (χ2v) is 6.24. The largest absolute Gasteiger partial charge is 0.352 e. The van der Waals surface area contributed by atoms with E-state index in [1.165, 1.54) is 23.5 Å². The predicted molar refractivity (Wildman–Crippen MR) is 88.6 cm³/mol. The van der Waals surface area contributed by atoms with Crippen molar-refractivity contribution in [3.8, 4) is 0 Å². The first-order valence-electron chi connectivity index (χ1n) is 6.61. The average molecular weight is 385 g/mol. The molecule has 1 heterocycles. The van der Waals surface area contributed by atoms with Crippen LogP contribution in [0, 0.1) is 5.82 Å². The van der Waals surface area contributed by atoms with E-state index in [-0.39, 0.29) is 23.9 Å². The van der Waals surface area contributed by atoms with Crippen molar-refractivity contribution in [3.05, 3.63) is 50.9 Å². The Hall–Kier alpha value is -1.73. The number of anilines is 1. The third-order valence-electron chi connectivity index (χ3n) is 2.85. The number of carbonyl (C=O) groups is 2. The van der Waals surface area contributed by atoms with Crippen LogP contribution in [0.3, 0.4) is 0 Å². The van der Waals surface area contributed by atoms with E-state index in [1.54, 1.807) is 17.5 Å². The van der Waals surface area contributed by atoms with Crippen LogP contribution in [0.4, 0.5) is 10.1 Å². The predicted octanol–water partition coefficient (Wildman–Crippen LogP) is 3.80. The van der Waals surface area contributed by atoms with E-state index in [4.69, 9.17) is 0 Å². The first-order valence-corrected chi connectivity index (χ1v) is 8.35. The number of rotatable bonds is 6. The zero-order valence-electron chi connectivity index (χ0n) is 11.6. The molecule has 0 aliphatic rings. The molecule has 1 aromatic heterocycles. The number of amides is 2. The molecule has 0 bridgehead atoms. The van der Waals surface area contributed by atoms with E-state index in [2.05, 4.69) is 26.6 Å². The molecule has 0 radical (unpaired) electrons. The number of hydrogen-bond acceptors (Lipinski definition) is 3. The molecule has 2 N–H and O–H groups in total. The Morgan fingerprint density at radius 1 is 1.27 bits per heavy atom. The highest BCUT2D eigenvalue weighted by Gasteiger charge is 2.08. The summed E-state index contributed by atoms with van der Waals surface area (Å²) >= 11 is 4.60. The smallest absolute Gasteiger partial charge is 0.252 e. The molecule has 0 spiro atoms. The molecule has 7 heteroatoms. The number of benzene rings is 1. The van der Waals surface area contributed by atoms with E-state index in [1.807, 2.05) is 5.38 Å². The molecule has 2 amide bonds. The Morgan fingerprint density at radius 3 is 2.77 bits per heavy atom. The van der Waals surface area contributed by atoms with Crippen molar-refractivity contribution in [2.24, 2.45) is 0 Å². The first kappa shape index (κ1) is 16.6. The summed E-state index contributed by atoms with van der Waals surface area (Å²) in [6, 6.07) is 6.18. The lowest BCUT2D eigenvalue weighted by Crippen LogP contribution is -2.25. The molecule has 2 aromatic rings. The van der Waals surface area contributed by atoms with Crippen molar-refractivity contribution in [1.82, 2.24) is 5.32 Å². The number of hydrogen-bond donors (Lipinski definition) is 2. The van der Waals surface area contributed by atoms with Gasteiger partial charge in [-0.3, -0.25) is 9.59 Å². The highest BCUT2D eigenvalue weighted by Crippen LogP contribution is 2.19. The summed E-state index contributed by atoms with van der Waals surface area (Å²) in [5.41, 5.74) is 0.766. The SMILES string of the molecule is O=C(CCCNC(=O)c1ccsc1)Nc1ccc(Br)cc1F. The van der Waals surface area contributed by atoms with Crippen LogP contribution >= 0.6 is 27.3 Å². The molecule has 0 fully saturated rings. The molecule has 0 aliphatic carbocycles. The lowest BCUT2D eigenvalue weighted by atomic mass is 10.2. The van der Waals surface area contributed by atoms with Crippen molar-refractivity contribution in [1.29, 1.82) is 0 Å². The molecule has 0 saturated heterocycles. The summed E-state index contributed by atoms with van der Waals surface area (Å²) in [5, 5.41) is 8.83. The highest BCUT2D eigenvalue weighted by molar-refractivity contribution is 9.10. The molecule has 0 aliphatic heterocycles. The van der Waals surface area contributed by atoms with Gasteiger partial charge in [0.05, 0.1) is 5.69 Å². The molecule has 1 aromatic carbocycles. The average Bonchev–Trinajstić information content (AvgIpc) is 3.01. The van der Waals surface area contributed by atoms with Crippen LogP contribution in [-0.4, -0.2) is 18.4 Å². The van der Waals surface area contributed by atoms with Crippen LogP contribution in [0.2, 0.25) is 0 Å². The van der Waals surface area contributed by atoms with Gasteiger partial charge < -0.3 is 10.6 Å². The maximum atomic E-state index is 13.6. The summed E-state index contributed by atoms with van der Waals surface area (Å²) in [6.45, 7) is 0.394. The normalized spacial score (nSPS) is 10.3. The number of halogens is 2. The van der Waals surface area contributed by atoms with Gasteiger partial charge >= 0.3 is 0 Å². The Balaban J connectivity index is 1.71. The molecule has 0 unspecified atom stereocenters. The van der Waals surface area contributed by atoms with Crippen LogP contribution in [0.5, 0.6) is 0 Å². The van der Waals surface area contributed by atoms with Gasteiger partial charge in [-0.2, -0.15) is 11.3 Å². The van der Waals surface area contributed by atoms with E-state index in [9.17, 15) is 14.0 Å².